The van der Waals surface area contributed by atoms with Crippen molar-refractivity contribution in [3.05, 3.63) is 0 Å². The van der Waals surface area contributed by atoms with Crippen molar-refractivity contribution in [3.8, 4) is 0 Å². The van der Waals surface area contributed by atoms with Crippen LogP contribution in [-0.2, 0) is 10.2 Å². The van der Waals surface area contributed by atoms with Crippen LogP contribution in [0.4, 0.5) is 0 Å². The molecule has 1 aliphatic heterocycles. The summed E-state index contributed by atoms with van der Waals surface area (Å²) in [4.78, 5) is 2.01. The molecule has 0 saturated carbocycles. The fraction of sp³-hybridized carbons (Fsp3) is 1.00. The van der Waals surface area contributed by atoms with Crippen LogP contribution in [0.5, 0.6) is 0 Å². The summed E-state index contributed by atoms with van der Waals surface area (Å²) >= 11 is 0. The fourth-order valence-corrected chi connectivity index (χ4v) is 3.58. The zero-order valence-corrected chi connectivity index (χ0v) is 14.9. The first-order chi connectivity index (χ1) is 9.72. The van der Waals surface area contributed by atoms with Crippen LogP contribution in [-0.4, -0.2) is 70.0 Å². The predicted molar refractivity (Wildman–Crippen MR) is 87.5 cm³/mol. The molecule has 7 heteroatoms. The van der Waals surface area contributed by atoms with Crippen LogP contribution >= 0.6 is 0 Å². The Labute approximate surface area is 130 Å². The molecule has 0 amide bonds. The highest BCUT2D eigenvalue weighted by Gasteiger charge is 2.28. The van der Waals surface area contributed by atoms with Crippen LogP contribution in [0.25, 0.3) is 0 Å². The van der Waals surface area contributed by atoms with Crippen molar-refractivity contribution < 1.29 is 8.42 Å². The minimum atomic E-state index is -3.33. The van der Waals surface area contributed by atoms with Gasteiger partial charge in [-0.05, 0) is 46.3 Å². The van der Waals surface area contributed by atoms with Gasteiger partial charge in [0.05, 0.1) is 0 Å². The van der Waals surface area contributed by atoms with E-state index in [1.54, 1.807) is 4.31 Å². The standard InChI is InChI=1S/C14H32N4O2S/c1-12(2)15-11-14-6-8-18(9-7-14)21(19,20)16-10-13(3)17(4)5/h12-16H,6-11H2,1-5H3. The lowest BCUT2D eigenvalue weighted by molar-refractivity contribution is 0.258. The third kappa shape index (κ3) is 6.61. The zero-order chi connectivity index (χ0) is 16.0. The molecule has 0 bridgehead atoms. The quantitative estimate of drug-likeness (QED) is 0.683. The van der Waals surface area contributed by atoms with Crippen LogP contribution in [0, 0.1) is 5.92 Å². The molecule has 1 atom stereocenters. The van der Waals surface area contributed by atoms with Gasteiger partial charge >= 0.3 is 0 Å². The van der Waals surface area contributed by atoms with Crippen LogP contribution < -0.4 is 10.0 Å². The van der Waals surface area contributed by atoms with Crippen molar-refractivity contribution in [3.63, 3.8) is 0 Å². The molecule has 0 radical (unpaired) electrons. The summed E-state index contributed by atoms with van der Waals surface area (Å²) in [6.07, 6.45) is 1.87. The van der Waals surface area contributed by atoms with Gasteiger partial charge < -0.3 is 10.2 Å². The lowest BCUT2D eigenvalue weighted by atomic mass is 9.98. The first-order valence-corrected chi connectivity index (χ1v) is 9.31. The minimum absolute atomic E-state index is 0.188. The third-order valence-electron chi connectivity index (χ3n) is 4.17. The Morgan fingerprint density at radius 3 is 2.24 bits per heavy atom. The van der Waals surface area contributed by atoms with E-state index in [1.165, 1.54) is 0 Å². The van der Waals surface area contributed by atoms with Crippen molar-refractivity contribution in [1.82, 2.24) is 19.2 Å². The summed E-state index contributed by atoms with van der Waals surface area (Å²) in [6.45, 7) is 8.95. The molecule has 1 aliphatic rings. The first kappa shape index (κ1) is 18.8. The van der Waals surface area contributed by atoms with Crippen LogP contribution in [0.2, 0.25) is 0 Å². The summed E-state index contributed by atoms with van der Waals surface area (Å²) in [7, 11) is 0.571. The molecule has 0 aliphatic carbocycles. The summed E-state index contributed by atoms with van der Waals surface area (Å²) in [5.74, 6) is 0.583. The number of hydrogen-bond acceptors (Lipinski definition) is 4. The molecule has 1 rings (SSSR count). The lowest BCUT2D eigenvalue weighted by Crippen LogP contribution is -2.48. The maximum Gasteiger partial charge on any atom is 0.279 e. The molecular weight excluding hydrogens is 288 g/mol. The number of rotatable bonds is 8. The molecule has 1 saturated heterocycles. The average molecular weight is 321 g/mol. The highest BCUT2D eigenvalue weighted by atomic mass is 32.2. The summed E-state index contributed by atoms with van der Waals surface area (Å²) in [5, 5.41) is 3.43. The van der Waals surface area contributed by atoms with E-state index >= 15 is 0 Å². The topological polar surface area (TPSA) is 64.7 Å². The Morgan fingerprint density at radius 1 is 1.19 bits per heavy atom. The van der Waals surface area contributed by atoms with E-state index in [0.717, 1.165) is 19.4 Å². The molecule has 126 valence electrons. The first-order valence-electron chi connectivity index (χ1n) is 7.87. The second kappa shape index (κ2) is 8.43. The van der Waals surface area contributed by atoms with Crippen LogP contribution in [0.15, 0.2) is 0 Å². The molecule has 0 aromatic carbocycles. The summed E-state index contributed by atoms with van der Waals surface area (Å²) < 4.78 is 28.8. The molecule has 1 fully saturated rings. The van der Waals surface area contributed by atoms with Gasteiger partial charge in [-0.3, -0.25) is 0 Å². The Hall–Kier alpha value is -0.210. The Bertz CT molecular complexity index is 390. The van der Waals surface area contributed by atoms with Gasteiger partial charge in [-0.1, -0.05) is 13.8 Å². The van der Waals surface area contributed by atoms with E-state index in [0.29, 0.717) is 31.6 Å². The Kier molecular flexibility index (Phi) is 7.56. The van der Waals surface area contributed by atoms with Gasteiger partial charge in [0.2, 0.25) is 0 Å². The van der Waals surface area contributed by atoms with Gasteiger partial charge in [0.15, 0.2) is 0 Å². The highest BCUT2D eigenvalue weighted by molar-refractivity contribution is 7.87. The van der Waals surface area contributed by atoms with Crippen molar-refractivity contribution in [2.45, 2.75) is 45.7 Å². The van der Waals surface area contributed by atoms with Gasteiger partial charge in [-0.2, -0.15) is 12.7 Å². The second-order valence-corrected chi connectivity index (χ2v) is 8.33. The lowest BCUT2D eigenvalue weighted by Gasteiger charge is -2.32. The van der Waals surface area contributed by atoms with Gasteiger partial charge in [0.25, 0.3) is 10.2 Å². The molecule has 1 heterocycles. The molecule has 0 spiro atoms. The number of nitrogens with one attached hydrogen (secondary N) is 2. The molecule has 6 nitrogen and oxygen atoms in total. The number of likely N-dealkylation sites (N-methyl/N-ethyl adjacent to an activating group) is 1. The Morgan fingerprint density at radius 2 is 1.76 bits per heavy atom. The van der Waals surface area contributed by atoms with Crippen molar-refractivity contribution >= 4 is 10.2 Å². The van der Waals surface area contributed by atoms with Crippen molar-refractivity contribution in [2.75, 3.05) is 40.3 Å². The molecule has 1 unspecified atom stereocenters. The van der Waals surface area contributed by atoms with Gasteiger partial charge in [0, 0.05) is 31.7 Å². The average Bonchev–Trinajstić information content (AvgIpc) is 2.43. The predicted octanol–water partition coefficient (Wildman–Crippen LogP) is 0.481. The van der Waals surface area contributed by atoms with Crippen LogP contribution in [0.3, 0.4) is 0 Å². The highest BCUT2D eigenvalue weighted by Crippen LogP contribution is 2.18. The maximum absolute atomic E-state index is 12.3. The van der Waals surface area contributed by atoms with E-state index < -0.39 is 10.2 Å². The van der Waals surface area contributed by atoms with E-state index in [1.807, 2.05) is 25.9 Å². The molecular formula is C14H32N4O2S. The SMILES string of the molecule is CC(C)NCC1CCN(S(=O)(=O)NCC(C)N(C)C)CC1. The van der Waals surface area contributed by atoms with Crippen LogP contribution in [0.1, 0.15) is 33.6 Å². The van der Waals surface area contributed by atoms with E-state index in [9.17, 15) is 8.42 Å². The monoisotopic (exact) mass is 320 g/mol. The van der Waals surface area contributed by atoms with E-state index in [-0.39, 0.29) is 6.04 Å². The number of hydrogen-bond donors (Lipinski definition) is 2. The van der Waals surface area contributed by atoms with Gasteiger partial charge in [-0.25, -0.2) is 4.72 Å². The molecule has 21 heavy (non-hydrogen) atoms. The van der Waals surface area contributed by atoms with E-state index in [2.05, 4.69) is 23.9 Å². The second-order valence-electron chi connectivity index (χ2n) is 6.57. The fourth-order valence-electron chi connectivity index (χ4n) is 2.26. The van der Waals surface area contributed by atoms with Crippen molar-refractivity contribution in [2.24, 2.45) is 5.92 Å². The smallest absolute Gasteiger partial charge is 0.279 e. The van der Waals surface area contributed by atoms with E-state index in [4.69, 9.17) is 0 Å². The summed E-state index contributed by atoms with van der Waals surface area (Å²) in [6, 6.07) is 0.675. The minimum Gasteiger partial charge on any atom is -0.314 e. The molecule has 0 aromatic heterocycles. The van der Waals surface area contributed by atoms with Gasteiger partial charge in [0.1, 0.15) is 0 Å². The number of piperidine rings is 1. The number of nitrogens with zero attached hydrogens (tertiary/aromatic N) is 2. The maximum atomic E-state index is 12.3. The largest absolute Gasteiger partial charge is 0.314 e. The normalized spacial score (nSPS) is 20.3. The Balaban J connectivity index is 2.38. The molecule has 0 aromatic rings. The third-order valence-corrected chi connectivity index (χ3v) is 5.75. The van der Waals surface area contributed by atoms with Gasteiger partial charge in [-0.15, -0.1) is 0 Å². The summed E-state index contributed by atoms with van der Waals surface area (Å²) in [5.41, 5.74) is 0. The zero-order valence-electron chi connectivity index (χ0n) is 14.1. The van der Waals surface area contributed by atoms with Crippen molar-refractivity contribution in [1.29, 1.82) is 0 Å². The molecule has 2 N–H and O–H groups in total.